The number of nitrogens with zero attached hydrogens (tertiary/aromatic N) is 5. The van der Waals surface area contributed by atoms with E-state index >= 15 is 0 Å². The average Bonchev–Trinajstić information content (AvgIpc) is 2.26. The Hall–Kier alpha value is -2.35. The third-order valence-electron chi connectivity index (χ3n) is 2.38. The van der Waals surface area contributed by atoms with Gasteiger partial charge in [-0.2, -0.15) is 5.26 Å². The highest BCUT2D eigenvalue weighted by molar-refractivity contribution is 5.20. The largest absolute Gasteiger partial charge is 0.238 e. The van der Waals surface area contributed by atoms with Crippen molar-refractivity contribution in [3.05, 3.63) is 46.6 Å². The molecule has 2 rings (SSSR count). The van der Waals surface area contributed by atoms with Crippen LogP contribution in [0, 0.1) is 32.1 Å². The molecule has 0 aliphatic carbocycles. The van der Waals surface area contributed by atoms with Crippen LogP contribution in [0.3, 0.4) is 0 Å². The SMILES string of the molecule is Cc1cc(Cc2nc(C)cc(C)n2)nc(C#N)n1. The monoisotopic (exact) mass is 239 g/mol. The van der Waals surface area contributed by atoms with Gasteiger partial charge >= 0.3 is 0 Å². The van der Waals surface area contributed by atoms with E-state index in [1.807, 2.05) is 39.0 Å². The Labute approximate surface area is 106 Å². The van der Waals surface area contributed by atoms with E-state index in [-0.39, 0.29) is 5.82 Å². The zero-order valence-corrected chi connectivity index (χ0v) is 10.6. The lowest BCUT2D eigenvalue weighted by Crippen LogP contribution is -2.04. The standard InChI is InChI=1S/C13H13N5/c1-8-4-9(2)16-12(15-8)6-11-5-10(3)17-13(7-14)18-11/h4-5H,6H2,1-3H3. The molecule has 18 heavy (non-hydrogen) atoms. The summed E-state index contributed by atoms with van der Waals surface area (Å²) in [5, 5.41) is 8.83. The van der Waals surface area contributed by atoms with Crippen LogP contribution in [-0.2, 0) is 6.42 Å². The van der Waals surface area contributed by atoms with Crippen molar-refractivity contribution in [3.8, 4) is 6.07 Å². The number of rotatable bonds is 2. The first kappa shape index (κ1) is 12.1. The molecule has 0 bridgehead atoms. The van der Waals surface area contributed by atoms with Crippen molar-refractivity contribution < 1.29 is 0 Å². The molecule has 0 saturated carbocycles. The molecule has 0 radical (unpaired) electrons. The number of aryl methyl sites for hydroxylation is 3. The molecule has 0 fully saturated rings. The van der Waals surface area contributed by atoms with Gasteiger partial charge in [0.15, 0.2) is 0 Å². The maximum absolute atomic E-state index is 8.83. The summed E-state index contributed by atoms with van der Waals surface area (Å²) in [6, 6.07) is 5.73. The van der Waals surface area contributed by atoms with E-state index in [1.165, 1.54) is 0 Å². The van der Waals surface area contributed by atoms with Crippen molar-refractivity contribution in [2.45, 2.75) is 27.2 Å². The van der Waals surface area contributed by atoms with Crippen LogP contribution in [0.15, 0.2) is 12.1 Å². The molecule has 0 unspecified atom stereocenters. The van der Waals surface area contributed by atoms with E-state index < -0.39 is 0 Å². The van der Waals surface area contributed by atoms with Gasteiger partial charge in [0.1, 0.15) is 11.9 Å². The molecular weight excluding hydrogens is 226 g/mol. The summed E-state index contributed by atoms with van der Waals surface area (Å²) in [5.74, 6) is 0.906. The summed E-state index contributed by atoms with van der Waals surface area (Å²) in [5.41, 5.74) is 3.41. The average molecular weight is 239 g/mol. The predicted molar refractivity (Wildman–Crippen MR) is 65.8 cm³/mol. The lowest BCUT2D eigenvalue weighted by Gasteiger charge is -2.04. The summed E-state index contributed by atoms with van der Waals surface area (Å²) in [6.45, 7) is 5.71. The van der Waals surface area contributed by atoms with Crippen molar-refractivity contribution in [1.29, 1.82) is 5.26 Å². The summed E-state index contributed by atoms with van der Waals surface area (Å²) in [6.07, 6.45) is 0.514. The third-order valence-corrected chi connectivity index (χ3v) is 2.38. The van der Waals surface area contributed by atoms with Crippen molar-refractivity contribution in [1.82, 2.24) is 19.9 Å². The Morgan fingerprint density at radius 1 is 0.944 bits per heavy atom. The molecule has 0 spiro atoms. The van der Waals surface area contributed by atoms with Crippen molar-refractivity contribution in [3.63, 3.8) is 0 Å². The normalized spacial score (nSPS) is 10.1. The van der Waals surface area contributed by atoms with Gasteiger partial charge in [0.25, 0.3) is 0 Å². The fraction of sp³-hybridized carbons (Fsp3) is 0.308. The fourth-order valence-electron chi connectivity index (χ4n) is 1.81. The van der Waals surface area contributed by atoms with Gasteiger partial charge in [0.05, 0.1) is 12.1 Å². The minimum Gasteiger partial charge on any atom is -0.238 e. The summed E-state index contributed by atoms with van der Waals surface area (Å²) >= 11 is 0. The van der Waals surface area contributed by atoms with Gasteiger partial charge in [0.2, 0.25) is 5.82 Å². The van der Waals surface area contributed by atoms with Crippen molar-refractivity contribution >= 4 is 0 Å². The summed E-state index contributed by atoms with van der Waals surface area (Å²) in [7, 11) is 0. The Bertz CT molecular complexity index is 608. The Morgan fingerprint density at radius 3 is 2.17 bits per heavy atom. The van der Waals surface area contributed by atoms with Crippen LogP contribution in [0.25, 0.3) is 0 Å². The maximum Gasteiger partial charge on any atom is 0.232 e. The van der Waals surface area contributed by atoms with Crippen LogP contribution in [0.2, 0.25) is 0 Å². The zero-order valence-electron chi connectivity index (χ0n) is 10.6. The van der Waals surface area contributed by atoms with Crippen molar-refractivity contribution in [2.75, 3.05) is 0 Å². The van der Waals surface area contributed by atoms with Gasteiger partial charge in [-0.1, -0.05) is 0 Å². The van der Waals surface area contributed by atoms with E-state index in [9.17, 15) is 0 Å². The van der Waals surface area contributed by atoms with Crippen LogP contribution in [0.1, 0.15) is 34.4 Å². The Balaban J connectivity index is 2.34. The second-order valence-electron chi connectivity index (χ2n) is 4.18. The predicted octanol–water partition coefficient (Wildman–Crippen LogP) is 1.65. The fourth-order valence-corrected chi connectivity index (χ4v) is 1.81. The lowest BCUT2D eigenvalue weighted by atomic mass is 10.2. The first-order valence-electron chi connectivity index (χ1n) is 5.62. The van der Waals surface area contributed by atoms with Gasteiger partial charge in [-0.15, -0.1) is 0 Å². The number of aromatic nitrogens is 4. The van der Waals surface area contributed by atoms with Crippen LogP contribution in [0.4, 0.5) is 0 Å². The molecule has 2 aromatic rings. The Morgan fingerprint density at radius 2 is 1.56 bits per heavy atom. The highest BCUT2D eigenvalue weighted by Crippen LogP contribution is 2.07. The minimum atomic E-state index is 0.189. The molecule has 0 saturated heterocycles. The first-order valence-corrected chi connectivity index (χ1v) is 5.62. The van der Waals surface area contributed by atoms with Crippen LogP contribution < -0.4 is 0 Å². The van der Waals surface area contributed by atoms with E-state index in [4.69, 9.17) is 5.26 Å². The van der Waals surface area contributed by atoms with Crippen LogP contribution in [0.5, 0.6) is 0 Å². The quantitative estimate of drug-likeness (QED) is 0.796. The molecule has 0 amide bonds. The number of hydrogen-bond donors (Lipinski definition) is 0. The molecule has 90 valence electrons. The molecular formula is C13H13N5. The van der Waals surface area contributed by atoms with E-state index in [2.05, 4.69) is 19.9 Å². The van der Waals surface area contributed by atoms with Crippen LogP contribution >= 0.6 is 0 Å². The molecule has 0 N–H and O–H groups in total. The minimum absolute atomic E-state index is 0.189. The lowest BCUT2D eigenvalue weighted by molar-refractivity contribution is 0.880. The van der Waals surface area contributed by atoms with Gasteiger partial charge in [-0.25, -0.2) is 19.9 Å². The molecule has 0 aromatic carbocycles. The molecule has 2 aromatic heterocycles. The van der Waals surface area contributed by atoms with Gasteiger partial charge in [-0.05, 0) is 32.9 Å². The van der Waals surface area contributed by atoms with Gasteiger partial charge < -0.3 is 0 Å². The zero-order chi connectivity index (χ0) is 13.1. The highest BCUT2D eigenvalue weighted by Gasteiger charge is 2.06. The van der Waals surface area contributed by atoms with E-state index in [1.54, 1.807) is 0 Å². The molecule has 0 aliphatic rings. The second-order valence-corrected chi connectivity index (χ2v) is 4.18. The molecule has 5 heteroatoms. The molecule has 2 heterocycles. The molecule has 0 aliphatic heterocycles. The van der Waals surface area contributed by atoms with E-state index in [0.29, 0.717) is 6.42 Å². The van der Waals surface area contributed by atoms with Gasteiger partial charge in [0, 0.05) is 17.1 Å². The Kier molecular flexibility index (Phi) is 3.28. The summed E-state index contributed by atoms with van der Waals surface area (Å²) in [4.78, 5) is 16.9. The maximum atomic E-state index is 8.83. The first-order chi connectivity index (χ1) is 8.56. The topological polar surface area (TPSA) is 75.3 Å². The van der Waals surface area contributed by atoms with Crippen molar-refractivity contribution in [2.24, 2.45) is 0 Å². The summed E-state index contributed by atoms with van der Waals surface area (Å²) < 4.78 is 0. The van der Waals surface area contributed by atoms with E-state index in [0.717, 1.165) is 28.6 Å². The number of hydrogen-bond acceptors (Lipinski definition) is 5. The van der Waals surface area contributed by atoms with Gasteiger partial charge in [-0.3, -0.25) is 0 Å². The van der Waals surface area contributed by atoms with Crippen LogP contribution in [-0.4, -0.2) is 19.9 Å². The third kappa shape index (κ3) is 2.86. The molecule has 5 nitrogen and oxygen atoms in total. The second kappa shape index (κ2) is 4.88. The highest BCUT2D eigenvalue weighted by atomic mass is 14.9. The number of nitriles is 1. The smallest absolute Gasteiger partial charge is 0.232 e. The molecule has 0 atom stereocenters.